The van der Waals surface area contributed by atoms with Crippen LogP contribution >= 0.6 is 11.8 Å². The molecule has 7 nitrogen and oxygen atoms in total. The van der Waals surface area contributed by atoms with Crippen molar-refractivity contribution in [2.75, 3.05) is 23.5 Å². The van der Waals surface area contributed by atoms with E-state index < -0.39 is 0 Å². The Morgan fingerprint density at radius 2 is 2.04 bits per heavy atom. The molecule has 0 radical (unpaired) electrons. The lowest BCUT2D eigenvalue weighted by atomic mass is 9.96. The van der Waals surface area contributed by atoms with Crippen LogP contribution in [0.1, 0.15) is 33.5 Å². The number of para-hydroxylation sites is 2. The number of benzene rings is 1. The Balaban J connectivity index is 1.98. The number of nitrogens with two attached hydrogens (primary N) is 1. The van der Waals surface area contributed by atoms with Crippen LogP contribution in [0.2, 0.25) is 0 Å². The second-order valence-electron chi connectivity index (χ2n) is 6.19. The van der Waals surface area contributed by atoms with Gasteiger partial charge in [0, 0.05) is 5.41 Å². The van der Waals surface area contributed by atoms with Gasteiger partial charge in [-0.1, -0.05) is 44.7 Å². The van der Waals surface area contributed by atoms with Gasteiger partial charge in [-0.05, 0) is 19.1 Å². The zero-order chi connectivity index (χ0) is 17.7. The van der Waals surface area contributed by atoms with Gasteiger partial charge in [-0.15, -0.1) is 10.2 Å². The largest absolute Gasteiger partial charge is 0.492 e. The van der Waals surface area contributed by atoms with E-state index >= 15 is 0 Å². The molecule has 2 aromatic rings. The minimum Gasteiger partial charge on any atom is -0.492 e. The van der Waals surface area contributed by atoms with E-state index in [0.29, 0.717) is 29.0 Å². The second-order valence-corrected chi connectivity index (χ2v) is 7.13. The smallest absolute Gasteiger partial charge is 0.234 e. The van der Waals surface area contributed by atoms with Gasteiger partial charge in [0.1, 0.15) is 5.75 Å². The summed E-state index contributed by atoms with van der Waals surface area (Å²) in [6.07, 6.45) is 0. The van der Waals surface area contributed by atoms with Crippen molar-refractivity contribution in [3.63, 3.8) is 0 Å². The van der Waals surface area contributed by atoms with Crippen LogP contribution in [0.25, 0.3) is 0 Å². The average molecular weight is 349 g/mol. The molecular formula is C16H23N5O2S. The Hall–Kier alpha value is -2.22. The number of anilines is 1. The molecule has 0 saturated heterocycles. The fraction of sp³-hybridized carbons (Fsp3) is 0.438. The van der Waals surface area contributed by atoms with Crippen molar-refractivity contribution in [3.05, 3.63) is 30.1 Å². The first-order valence-corrected chi connectivity index (χ1v) is 8.67. The highest BCUT2D eigenvalue weighted by atomic mass is 32.2. The van der Waals surface area contributed by atoms with E-state index in [1.54, 1.807) is 6.07 Å². The van der Waals surface area contributed by atoms with E-state index in [-0.39, 0.29) is 17.1 Å². The SMILES string of the molecule is CCOc1ccccc1NC(=O)CSc1nnc(C(C)(C)C)n1N. The number of carbonyl (C=O) groups is 1. The Bertz CT molecular complexity index is 709. The summed E-state index contributed by atoms with van der Waals surface area (Å²) < 4.78 is 6.93. The van der Waals surface area contributed by atoms with Crippen LogP contribution in [0.3, 0.4) is 0 Å². The number of nitrogens with one attached hydrogen (secondary N) is 1. The summed E-state index contributed by atoms with van der Waals surface area (Å²) in [6, 6.07) is 7.33. The molecule has 1 amide bonds. The van der Waals surface area contributed by atoms with Crippen molar-refractivity contribution in [1.29, 1.82) is 0 Å². The Labute approximate surface area is 145 Å². The van der Waals surface area contributed by atoms with E-state index in [0.717, 1.165) is 0 Å². The first kappa shape index (κ1) is 18.1. The summed E-state index contributed by atoms with van der Waals surface area (Å²) in [5, 5.41) is 11.5. The van der Waals surface area contributed by atoms with Gasteiger partial charge in [-0.25, -0.2) is 4.68 Å². The number of hydrogen-bond acceptors (Lipinski definition) is 6. The molecule has 2 rings (SSSR count). The van der Waals surface area contributed by atoms with Gasteiger partial charge < -0.3 is 15.9 Å². The molecule has 0 aliphatic heterocycles. The van der Waals surface area contributed by atoms with Gasteiger partial charge in [-0.2, -0.15) is 0 Å². The number of hydrogen-bond donors (Lipinski definition) is 2. The van der Waals surface area contributed by atoms with E-state index in [4.69, 9.17) is 10.6 Å². The van der Waals surface area contributed by atoms with Crippen molar-refractivity contribution in [2.45, 2.75) is 38.3 Å². The molecule has 0 fully saturated rings. The Kier molecular flexibility index (Phi) is 5.71. The molecule has 1 aromatic carbocycles. The summed E-state index contributed by atoms with van der Waals surface area (Å²) in [7, 11) is 0. The average Bonchev–Trinajstić information content (AvgIpc) is 2.88. The molecule has 3 N–H and O–H groups in total. The van der Waals surface area contributed by atoms with Gasteiger partial charge in [-0.3, -0.25) is 4.79 Å². The maximum Gasteiger partial charge on any atom is 0.234 e. The summed E-state index contributed by atoms with van der Waals surface area (Å²) in [4.78, 5) is 12.2. The van der Waals surface area contributed by atoms with E-state index in [1.807, 2.05) is 45.9 Å². The second kappa shape index (κ2) is 7.57. The minimum absolute atomic E-state index is 0.160. The molecular weight excluding hydrogens is 326 g/mol. The third kappa shape index (κ3) is 4.41. The van der Waals surface area contributed by atoms with Crippen molar-refractivity contribution >= 4 is 23.4 Å². The summed E-state index contributed by atoms with van der Waals surface area (Å²) in [5.74, 6) is 7.35. The fourth-order valence-corrected chi connectivity index (χ4v) is 2.71. The number of carbonyl (C=O) groups excluding carboxylic acids is 1. The highest BCUT2D eigenvalue weighted by Crippen LogP contribution is 2.25. The number of nitrogens with zero attached hydrogens (tertiary/aromatic N) is 3. The lowest BCUT2D eigenvalue weighted by Gasteiger charge is -2.16. The predicted molar refractivity (Wildman–Crippen MR) is 95.8 cm³/mol. The van der Waals surface area contributed by atoms with Gasteiger partial charge in [0.15, 0.2) is 5.82 Å². The topological polar surface area (TPSA) is 95.1 Å². The Morgan fingerprint density at radius 1 is 1.33 bits per heavy atom. The Morgan fingerprint density at radius 3 is 2.67 bits per heavy atom. The van der Waals surface area contributed by atoms with Crippen LogP contribution in [0.4, 0.5) is 5.69 Å². The fourth-order valence-electron chi connectivity index (χ4n) is 2.05. The first-order chi connectivity index (χ1) is 11.3. The molecule has 0 saturated carbocycles. The highest BCUT2D eigenvalue weighted by molar-refractivity contribution is 7.99. The van der Waals surface area contributed by atoms with Crippen LogP contribution in [0.15, 0.2) is 29.4 Å². The summed E-state index contributed by atoms with van der Waals surface area (Å²) in [6.45, 7) is 8.45. The number of aromatic nitrogens is 3. The molecule has 130 valence electrons. The quantitative estimate of drug-likeness (QED) is 0.614. The van der Waals surface area contributed by atoms with Gasteiger partial charge in [0.05, 0.1) is 18.0 Å². The molecule has 0 aliphatic carbocycles. The zero-order valence-corrected chi connectivity index (χ0v) is 15.2. The van der Waals surface area contributed by atoms with Crippen LogP contribution in [0, 0.1) is 0 Å². The lowest BCUT2D eigenvalue weighted by Crippen LogP contribution is -2.24. The number of ether oxygens (including phenoxy) is 1. The van der Waals surface area contributed by atoms with Crippen LogP contribution < -0.4 is 15.9 Å². The molecule has 0 spiro atoms. The van der Waals surface area contributed by atoms with Gasteiger partial charge in [0.2, 0.25) is 11.1 Å². The maximum absolute atomic E-state index is 12.2. The highest BCUT2D eigenvalue weighted by Gasteiger charge is 2.23. The number of amides is 1. The minimum atomic E-state index is -0.209. The lowest BCUT2D eigenvalue weighted by molar-refractivity contribution is -0.113. The normalized spacial score (nSPS) is 11.3. The molecule has 1 aromatic heterocycles. The van der Waals surface area contributed by atoms with Crippen LogP contribution in [-0.4, -0.2) is 33.1 Å². The molecule has 0 atom stereocenters. The predicted octanol–water partition coefficient (Wildman–Crippen LogP) is 2.42. The first-order valence-electron chi connectivity index (χ1n) is 7.68. The van der Waals surface area contributed by atoms with Gasteiger partial charge in [0.25, 0.3) is 0 Å². The monoisotopic (exact) mass is 349 g/mol. The van der Waals surface area contributed by atoms with Crippen molar-refractivity contribution in [3.8, 4) is 5.75 Å². The third-order valence-electron chi connectivity index (χ3n) is 3.13. The summed E-state index contributed by atoms with van der Waals surface area (Å²) in [5.41, 5.74) is 0.439. The maximum atomic E-state index is 12.2. The standard InChI is InChI=1S/C16H23N5O2S/c1-5-23-12-9-7-6-8-11(12)18-13(22)10-24-15-20-19-14(21(15)17)16(2,3)4/h6-9H,5,10,17H2,1-4H3,(H,18,22). The third-order valence-corrected chi connectivity index (χ3v) is 4.07. The number of nitrogen functional groups attached to an aromatic ring is 1. The van der Waals surface area contributed by atoms with Crippen molar-refractivity contribution in [2.24, 2.45) is 0 Å². The van der Waals surface area contributed by atoms with E-state index in [2.05, 4.69) is 15.5 Å². The zero-order valence-electron chi connectivity index (χ0n) is 14.4. The van der Waals surface area contributed by atoms with Crippen molar-refractivity contribution in [1.82, 2.24) is 14.9 Å². The molecule has 24 heavy (non-hydrogen) atoms. The summed E-state index contributed by atoms with van der Waals surface area (Å²) >= 11 is 1.24. The molecule has 0 aliphatic rings. The molecule has 1 heterocycles. The molecule has 0 bridgehead atoms. The van der Waals surface area contributed by atoms with Gasteiger partial charge >= 0.3 is 0 Å². The van der Waals surface area contributed by atoms with Crippen LogP contribution in [-0.2, 0) is 10.2 Å². The number of thioether (sulfide) groups is 1. The van der Waals surface area contributed by atoms with E-state index in [9.17, 15) is 4.79 Å². The number of rotatable bonds is 6. The molecule has 0 unspecified atom stereocenters. The van der Waals surface area contributed by atoms with E-state index in [1.165, 1.54) is 16.4 Å². The molecule has 8 heteroatoms. The van der Waals surface area contributed by atoms with Crippen LogP contribution in [0.5, 0.6) is 5.75 Å². The van der Waals surface area contributed by atoms with Crippen molar-refractivity contribution < 1.29 is 9.53 Å².